The van der Waals surface area contributed by atoms with Crippen LogP contribution in [0.15, 0.2) is 48.0 Å². The number of aromatic nitrogens is 2. The van der Waals surface area contributed by atoms with Crippen LogP contribution >= 0.6 is 22.9 Å². The molecule has 0 bridgehead atoms. The van der Waals surface area contributed by atoms with E-state index >= 15 is 0 Å². The second-order valence-corrected chi connectivity index (χ2v) is 5.48. The molecule has 0 saturated carbocycles. The van der Waals surface area contributed by atoms with Crippen molar-refractivity contribution < 1.29 is 9.90 Å². The fourth-order valence-corrected chi connectivity index (χ4v) is 2.70. The molecule has 2 heterocycles. The van der Waals surface area contributed by atoms with Crippen LogP contribution in [0.2, 0.25) is 5.02 Å². The van der Waals surface area contributed by atoms with Gasteiger partial charge in [0.2, 0.25) is 0 Å². The molecule has 4 nitrogen and oxygen atoms in total. The first-order chi connectivity index (χ1) is 9.65. The fourth-order valence-electron chi connectivity index (χ4n) is 1.85. The van der Waals surface area contributed by atoms with Crippen molar-refractivity contribution in [3.63, 3.8) is 0 Å². The van der Waals surface area contributed by atoms with E-state index in [0.29, 0.717) is 10.7 Å². The SMILES string of the molecule is O=C(O)c1cn(-c2ccc(Cl)cc2)nc1-c1cccs1. The number of thiophene rings is 1. The van der Waals surface area contributed by atoms with E-state index in [2.05, 4.69) is 5.10 Å². The molecule has 1 aromatic carbocycles. The van der Waals surface area contributed by atoms with E-state index in [1.165, 1.54) is 17.5 Å². The molecule has 3 aromatic rings. The van der Waals surface area contributed by atoms with Crippen LogP contribution in [-0.4, -0.2) is 20.9 Å². The third kappa shape index (κ3) is 2.33. The van der Waals surface area contributed by atoms with Gasteiger partial charge < -0.3 is 5.11 Å². The Balaban J connectivity index is 2.12. The molecule has 0 aliphatic rings. The van der Waals surface area contributed by atoms with Crippen LogP contribution in [0.5, 0.6) is 0 Å². The highest BCUT2D eigenvalue weighted by Gasteiger charge is 2.18. The molecule has 6 heteroatoms. The van der Waals surface area contributed by atoms with Gasteiger partial charge in [-0.2, -0.15) is 5.10 Å². The molecule has 0 aliphatic carbocycles. The van der Waals surface area contributed by atoms with Gasteiger partial charge in [0, 0.05) is 11.2 Å². The first-order valence-electron chi connectivity index (χ1n) is 5.78. The zero-order valence-corrected chi connectivity index (χ0v) is 11.7. The standard InChI is InChI=1S/C14H9ClN2O2S/c15-9-3-5-10(6-4-9)17-8-11(14(18)19)13(16-17)12-2-1-7-20-12/h1-8H,(H,18,19). The molecule has 0 saturated heterocycles. The number of carboxylic acid groups (broad SMARTS) is 1. The Morgan fingerprint density at radius 1 is 1.25 bits per heavy atom. The van der Waals surface area contributed by atoms with E-state index in [1.807, 2.05) is 17.5 Å². The number of nitrogens with zero attached hydrogens (tertiary/aromatic N) is 2. The van der Waals surface area contributed by atoms with Gasteiger partial charge in [0.05, 0.1) is 10.6 Å². The number of rotatable bonds is 3. The van der Waals surface area contributed by atoms with Crippen LogP contribution in [0.3, 0.4) is 0 Å². The zero-order valence-electron chi connectivity index (χ0n) is 10.2. The van der Waals surface area contributed by atoms with E-state index in [1.54, 1.807) is 28.9 Å². The summed E-state index contributed by atoms with van der Waals surface area (Å²) < 4.78 is 1.55. The van der Waals surface area contributed by atoms with E-state index in [0.717, 1.165) is 10.6 Å². The molecule has 0 aliphatic heterocycles. The summed E-state index contributed by atoms with van der Waals surface area (Å²) in [6.45, 7) is 0. The highest BCUT2D eigenvalue weighted by molar-refractivity contribution is 7.13. The average Bonchev–Trinajstić information content (AvgIpc) is 3.08. The predicted molar refractivity (Wildman–Crippen MR) is 78.8 cm³/mol. The Morgan fingerprint density at radius 3 is 2.60 bits per heavy atom. The maximum absolute atomic E-state index is 11.3. The molecule has 100 valence electrons. The van der Waals surface area contributed by atoms with E-state index < -0.39 is 5.97 Å². The Labute approximate surface area is 123 Å². The first kappa shape index (κ1) is 12.9. The fraction of sp³-hybridized carbons (Fsp3) is 0. The molecular formula is C14H9ClN2O2S. The highest BCUT2D eigenvalue weighted by atomic mass is 35.5. The summed E-state index contributed by atoms with van der Waals surface area (Å²) in [7, 11) is 0. The van der Waals surface area contributed by atoms with Gasteiger partial charge >= 0.3 is 5.97 Å². The average molecular weight is 305 g/mol. The predicted octanol–water partition coefficient (Wildman–Crippen LogP) is 3.95. The minimum atomic E-state index is -0.992. The van der Waals surface area contributed by atoms with Crippen LogP contribution in [-0.2, 0) is 0 Å². The largest absolute Gasteiger partial charge is 0.478 e. The van der Waals surface area contributed by atoms with Crippen molar-refractivity contribution >= 4 is 28.9 Å². The highest BCUT2D eigenvalue weighted by Crippen LogP contribution is 2.27. The molecule has 0 unspecified atom stereocenters. The summed E-state index contributed by atoms with van der Waals surface area (Å²) in [5.41, 5.74) is 1.42. The Kier molecular flexibility index (Phi) is 3.30. The summed E-state index contributed by atoms with van der Waals surface area (Å²) in [4.78, 5) is 12.2. The van der Waals surface area contributed by atoms with Crippen molar-refractivity contribution in [2.45, 2.75) is 0 Å². The second kappa shape index (κ2) is 5.11. The molecular weight excluding hydrogens is 296 g/mol. The summed E-state index contributed by atoms with van der Waals surface area (Å²) in [5, 5.41) is 16.2. The second-order valence-electron chi connectivity index (χ2n) is 4.09. The van der Waals surface area contributed by atoms with Crippen molar-refractivity contribution in [3.8, 4) is 16.3 Å². The summed E-state index contributed by atoms with van der Waals surface area (Å²) >= 11 is 7.30. The quantitative estimate of drug-likeness (QED) is 0.797. The van der Waals surface area contributed by atoms with E-state index in [4.69, 9.17) is 11.6 Å². The van der Waals surface area contributed by atoms with Gasteiger partial charge in [0.15, 0.2) is 0 Å². The van der Waals surface area contributed by atoms with Gasteiger partial charge in [0.25, 0.3) is 0 Å². The van der Waals surface area contributed by atoms with Gasteiger partial charge in [-0.25, -0.2) is 9.48 Å². The lowest BCUT2D eigenvalue weighted by Gasteiger charge is -2.00. The normalized spacial score (nSPS) is 10.7. The molecule has 0 radical (unpaired) electrons. The first-order valence-corrected chi connectivity index (χ1v) is 7.03. The van der Waals surface area contributed by atoms with Crippen LogP contribution in [0, 0.1) is 0 Å². The Morgan fingerprint density at radius 2 is 2.00 bits per heavy atom. The smallest absolute Gasteiger partial charge is 0.339 e. The van der Waals surface area contributed by atoms with Crippen LogP contribution in [0.4, 0.5) is 0 Å². The van der Waals surface area contributed by atoms with Crippen molar-refractivity contribution in [2.75, 3.05) is 0 Å². The third-order valence-corrected chi connectivity index (χ3v) is 3.92. The lowest BCUT2D eigenvalue weighted by atomic mass is 10.2. The van der Waals surface area contributed by atoms with Gasteiger partial charge in [-0.15, -0.1) is 11.3 Å². The molecule has 2 aromatic heterocycles. The van der Waals surface area contributed by atoms with Gasteiger partial charge in [0.1, 0.15) is 11.3 Å². The molecule has 1 N–H and O–H groups in total. The Hall–Kier alpha value is -2.11. The molecule has 0 spiro atoms. The zero-order chi connectivity index (χ0) is 14.1. The lowest BCUT2D eigenvalue weighted by Crippen LogP contribution is -1.96. The van der Waals surface area contributed by atoms with E-state index in [-0.39, 0.29) is 5.56 Å². The van der Waals surface area contributed by atoms with Gasteiger partial charge in [-0.3, -0.25) is 0 Å². The molecule has 3 rings (SSSR count). The number of aromatic carboxylic acids is 1. The van der Waals surface area contributed by atoms with Crippen LogP contribution < -0.4 is 0 Å². The molecule has 0 atom stereocenters. The minimum Gasteiger partial charge on any atom is -0.478 e. The van der Waals surface area contributed by atoms with Crippen molar-refractivity contribution in [1.29, 1.82) is 0 Å². The summed E-state index contributed by atoms with van der Waals surface area (Å²) in [5.74, 6) is -0.992. The summed E-state index contributed by atoms with van der Waals surface area (Å²) in [6, 6.07) is 10.8. The maximum Gasteiger partial charge on any atom is 0.339 e. The molecule has 0 fully saturated rings. The number of hydrogen-bond acceptors (Lipinski definition) is 3. The number of carbonyl (C=O) groups is 1. The number of hydrogen-bond donors (Lipinski definition) is 1. The van der Waals surface area contributed by atoms with Gasteiger partial charge in [-0.1, -0.05) is 17.7 Å². The number of benzene rings is 1. The maximum atomic E-state index is 11.3. The molecule has 0 amide bonds. The van der Waals surface area contributed by atoms with Crippen LogP contribution in [0.25, 0.3) is 16.3 Å². The minimum absolute atomic E-state index is 0.183. The van der Waals surface area contributed by atoms with E-state index in [9.17, 15) is 9.90 Å². The Bertz CT molecular complexity index is 748. The van der Waals surface area contributed by atoms with Crippen molar-refractivity contribution in [2.24, 2.45) is 0 Å². The van der Waals surface area contributed by atoms with Crippen molar-refractivity contribution in [3.05, 3.63) is 58.6 Å². The topological polar surface area (TPSA) is 55.1 Å². The third-order valence-electron chi connectivity index (χ3n) is 2.79. The van der Waals surface area contributed by atoms with Gasteiger partial charge in [-0.05, 0) is 35.7 Å². The van der Waals surface area contributed by atoms with Crippen LogP contribution in [0.1, 0.15) is 10.4 Å². The molecule has 20 heavy (non-hydrogen) atoms. The lowest BCUT2D eigenvalue weighted by molar-refractivity contribution is 0.0697. The number of carboxylic acids is 1. The number of halogens is 1. The van der Waals surface area contributed by atoms with Crippen molar-refractivity contribution in [1.82, 2.24) is 9.78 Å². The monoisotopic (exact) mass is 304 g/mol. The summed E-state index contributed by atoms with van der Waals surface area (Å²) in [6.07, 6.45) is 1.51.